The Morgan fingerprint density at radius 3 is 2.54 bits per heavy atom. The summed E-state index contributed by atoms with van der Waals surface area (Å²) < 4.78 is 11.3. The highest BCUT2D eigenvalue weighted by Gasteiger charge is 2.59. The molecule has 0 aromatic carbocycles. The second-order valence-corrected chi connectivity index (χ2v) is 11.5. The summed E-state index contributed by atoms with van der Waals surface area (Å²) in [5.41, 5.74) is 2.10. The maximum absolute atomic E-state index is 13.1. The highest BCUT2D eigenvalue weighted by atomic mass is 16.5. The summed E-state index contributed by atoms with van der Waals surface area (Å²) in [6.45, 7) is 15.7. The van der Waals surface area contributed by atoms with E-state index in [1.807, 2.05) is 6.92 Å². The first kappa shape index (κ1) is 27.4. The molecule has 0 amide bonds. The standard InChI is InChI=1S/C29H42O6/c1-17(16-30)9-8-13-29(7)24-11-10-18(2)23(28(24,6)14-12-25(29)35-21(5)31)15-22-26(32)19(3)20(4)34-27(22)33/h9,22-25,30H,2,8,10-16H2,1,3-7H3/b17-9+. The zero-order valence-corrected chi connectivity index (χ0v) is 22.2. The van der Waals surface area contributed by atoms with Crippen molar-refractivity contribution in [1.82, 2.24) is 0 Å². The van der Waals surface area contributed by atoms with E-state index in [9.17, 15) is 19.5 Å². The molecule has 3 rings (SSSR count). The van der Waals surface area contributed by atoms with Gasteiger partial charge in [0.2, 0.25) is 0 Å². The number of carbonyl (C=O) groups is 3. The van der Waals surface area contributed by atoms with E-state index >= 15 is 0 Å². The van der Waals surface area contributed by atoms with Crippen LogP contribution in [-0.4, -0.2) is 35.5 Å². The van der Waals surface area contributed by atoms with Gasteiger partial charge in [0.1, 0.15) is 17.8 Å². The number of cyclic esters (lactones) is 1. The number of carbonyl (C=O) groups excluding carboxylic acids is 3. The number of allylic oxidation sites excluding steroid dienone is 4. The van der Waals surface area contributed by atoms with Gasteiger partial charge in [0.25, 0.3) is 0 Å². The molecule has 0 aromatic rings. The first-order valence-electron chi connectivity index (χ1n) is 12.9. The molecule has 3 aliphatic rings. The molecule has 2 fully saturated rings. The van der Waals surface area contributed by atoms with Crippen LogP contribution in [0.25, 0.3) is 0 Å². The fourth-order valence-corrected chi connectivity index (χ4v) is 7.11. The first-order valence-corrected chi connectivity index (χ1v) is 12.9. The van der Waals surface area contributed by atoms with Crippen LogP contribution in [0.1, 0.15) is 86.5 Å². The maximum atomic E-state index is 13.1. The summed E-state index contributed by atoms with van der Waals surface area (Å²) in [5, 5.41) is 9.42. The van der Waals surface area contributed by atoms with Crippen molar-refractivity contribution in [3.63, 3.8) is 0 Å². The van der Waals surface area contributed by atoms with E-state index in [2.05, 4.69) is 26.5 Å². The summed E-state index contributed by atoms with van der Waals surface area (Å²) in [7, 11) is 0. The Hall–Kier alpha value is -2.21. The SMILES string of the molecule is C=C1CCC2C(C)(CC/C=C(\C)CO)C(OC(C)=O)CCC2(C)C1CC1C(=O)OC(C)=C(C)C1=O. The normalized spacial score (nSPS) is 36.1. The molecule has 0 radical (unpaired) electrons. The van der Waals surface area contributed by atoms with Gasteiger partial charge in [-0.15, -0.1) is 0 Å². The van der Waals surface area contributed by atoms with Gasteiger partial charge in [0.05, 0.1) is 6.61 Å². The minimum Gasteiger partial charge on any atom is -0.462 e. The number of hydrogen-bond donors (Lipinski definition) is 1. The van der Waals surface area contributed by atoms with Gasteiger partial charge in [-0.2, -0.15) is 0 Å². The highest BCUT2D eigenvalue weighted by molar-refractivity contribution is 6.10. The van der Waals surface area contributed by atoms with Gasteiger partial charge in [-0.05, 0) is 83.0 Å². The Morgan fingerprint density at radius 2 is 1.91 bits per heavy atom. The van der Waals surface area contributed by atoms with E-state index in [1.165, 1.54) is 6.92 Å². The van der Waals surface area contributed by atoms with E-state index in [1.54, 1.807) is 13.8 Å². The molecule has 2 saturated carbocycles. The zero-order valence-electron chi connectivity index (χ0n) is 22.2. The summed E-state index contributed by atoms with van der Waals surface area (Å²) in [4.78, 5) is 37.8. The molecule has 2 aliphatic carbocycles. The van der Waals surface area contributed by atoms with Crippen molar-refractivity contribution < 1.29 is 29.0 Å². The number of rotatable bonds is 7. The number of esters is 2. The van der Waals surface area contributed by atoms with Gasteiger partial charge < -0.3 is 14.6 Å². The molecule has 35 heavy (non-hydrogen) atoms. The van der Waals surface area contributed by atoms with Gasteiger partial charge in [-0.3, -0.25) is 14.4 Å². The molecule has 0 aromatic heterocycles. The lowest BCUT2D eigenvalue weighted by molar-refractivity contribution is -0.180. The largest absolute Gasteiger partial charge is 0.462 e. The number of fused-ring (bicyclic) bond motifs is 1. The summed E-state index contributed by atoms with van der Waals surface area (Å²) in [6, 6.07) is 0. The van der Waals surface area contributed by atoms with Crippen LogP contribution in [0.5, 0.6) is 0 Å². The molecular weight excluding hydrogens is 444 g/mol. The molecule has 1 N–H and O–H groups in total. The predicted molar refractivity (Wildman–Crippen MR) is 134 cm³/mol. The number of ketones is 1. The molecule has 6 nitrogen and oxygen atoms in total. The third-order valence-corrected chi connectivity index (χ3v) is 9.27. The Labute approximate surface area is 209 Å². The van der Waals surface area contributed by atoms with E-state index in [0.717, 1.165) is 49.7 Å². The number of aliphatic hydroxyl groups is 1. The Balaban J connectivity index is 1.95. The van der Waals surface area contributed by atoms with Gasteiger partial charge >= 0.3 is 11.9 Å². The molecular formula is C29H42O6. The monoisotopic (exact) mass is 486 g/mol. The van der Waals surface area contributed by atoms with Crippen LogP contribution < -0.4 is 0 Å². The molecule has 194 valence electrons. The van der Waals surface area contributed by atoms with E-state index < -0.39 is 11.9 Å². The van der Waals surface area contributed by atoms with Crippen molar-refractivity contribution in [2.24, 2.45) is 28.6 Å². The minimum absolute atomic E-state index is 0.00118. The Morgan fingerprint density at radius 1 is 1.23 bits per heavy atom. The predicted octanol–water partition coefficient (Wildman–Crippen LogP) is 5.45. The Bertz CT molecular complexity index is 958. The molecule has 6 heteroatoms. The van der Waals surface area contributed by atoms with Crippen molar-refractivity contribution in [2.75, 3.05) is 6.61 Å². The van der Waals surface area contributed by atoms with Crippen molar-refractivity contribution in [2.45, 2.75) is 92.6 Å². The van der Waals surface area contributed by atoms with Gasteiger partial charge in [-0.1, -0.05) is 37.6 Å². The van der Waals surface area contributed by atoms with Gasteiger partial charge in [-0.25, -0.2) is 0 Å². The van der Waals surface area contributed by atoms with Gasteiger partial charge in [0, 0.05) is 17.9 Å². The lowest BCUT2D eigenvalue weighted by Gasteiger charge is -2.61. The van der Waals surface area contributed by atoms with E-state index in [4.69, 9.17) is 9.47 Å². The number of ether oxygens (including phenoxy) is 2. The van der Waals surface area contributed by atoms with Crippen molar-refractivity contribution in [3.8, 4) is 0 Å². The van der Waals surface area contributed by atoms with Crippen molar-refractivity contribution in [3.05, 3.63) is 35.1 Å². The second-order valence-electron chi connectivity index (χ2n) is 11.5. The molecule has 0 saturated heterocycles. The molecule has 0 bridgehead atoms. The third kappa shape index (κ3) is 5.18. The number of aliphatic hydroxyl groups excluding tert-OH is 1. The number of Topliss-reactive ketones (excluding diaryl/α,β-unsaturated/α-hetero) is 1. The fourth-order valence-electron chi connectivity index (χ4n) is 7.11. The lowest BCUT2D eigenvalue weighted by atomic mass is 9.45. The summed E-state index contributed by atoms with van der Waals surface area (Å²) >= 11 is 0. The van der Waals surface area contributed by atoms with E-state index in [-0.39, 0.29) is 47.1 Å². The molecule has 6 unspecified atom stereocenters. The third-order valence-electron chi connectivity index (χ3n) is 9.27. The van der Waals surface area contributed by atoms with Crippen molar-refractivity contribution in [1.29, 1.82) is 0 Å². The summed E-state index contributed by atoms with van der Waals surface area (Å²) in [5.74, 6) is -1.04. The van der Waals surface area contributed by atoms with Crippen LogP contribution in [0.2, 0.25) is 0 Å². The lowest BCUT2D eigenvalue weighted by Crippen LogP contribution is -2.57. The van der Waals surface area contributed by atoms with Crippen LogP contribution in [-0.2, 0) is 23.9 Å². The topological polar surface area (TPSA) is 89.9 Å². The Kier molecular flexibility index (Phi) is 8.15. The zero-order chi connectivity index (χ0) is 26.1. The van der Waals surface area contributed by atoms with Crippen LogP contribution in [0.15, 0.2) is 35.1 Å². The highest BCUT2D eigenvalue weighted by Crippen LogP contribution is 2.64. The average Bonchev–Trinajstić information content (AvgIpc) is 2.78. The van der Waals surface area contributed by atoms with Crippen LogP contribution >= 0.6 is 0 Å². The number of hydrogen-bond acceptors (Lipinski definition) is 6. The van der Waals surface area contributed by atoms with Crippen molar-refractivity contribution >= 4 is 17.7 Å². The molecule has 1 aliphatic heterocycles. The van der Waals surface area contributed by atoms with Gasteiger partial charge in [0.15, 0.2) is 5.78 Å². The average molecular weight is 487 g/mol. The molecule has 1 heterocycles. The van der Waals surface area contributed by atoms with Crippen LogP contribution in [0.3, 0.4) is 0 Å². The second kappa shape index (κ2) is 10.4. The quantitative estimate of drug-likeness (QED) is 0.292. The maximum Gasteiger partial charge on any atom is 0.321 e. The minimum atomic E-state index is -0.802. The van der Waals surface area contributed by atoms with Crippen LogP contribution in [0.4, 0.5) is 0 Å². The first-order chi connectivity index (χ1) is 16.3. The van der Waals surface area contributed by atoms with E-state index in [0.29, 0.717) is 17.8 Å². The molecule has 6 atom stereocenters. The summed E-state index contributed by atoms with van der Waals surface area (Å²) in [6.07, 6.45) is 7.22. The molecule has 0 spiro atoms. The van der Waals surface area contributed by atoms with Crippen LogP contribution in [0, 0.1) is 28.6 Å². The smallest absolute Gasteiger partial charge is 0.321 e. The fraction of sp³-hybridized carbons (Fsp3) is 0.690.